The number of aliphatic imine (C=N–C) groups is 1. The van der Waals surface area contributed by atoms with Crippen LogP contribution in [-0.4, -0.2) is 44.3 Å². The van der Waals surface area contributed by atoms with Crippen molar-refractivity contribution in [2.75, 3.05) is 27.0 Å². The highest BCUT2D eigenvalue weighted by Gasteiger charge is 2.24. The van der Waals surface area contributed by atoms with Crippen LogP contribution in [-0.2, 0) is 6.54 Å². The first-order valence-corrected chi connectivity index (χ1v) is 10.3. The van der Waals surface area contributed by atoms with Gasteiger partial charge in [0.1, 0.15) is 0 Å². The molecule has 148 valence electrons. The topological polar surface area (TPSA) is 54.9 Å². The molecule has 2 N–H and O–H groups in total. The molecule has 0 heterocycles. The second-order valence-electron chi connectivity index (χ2n) is 5.98. The number of ether oxygens (including phenoxy) is 2. The zero-order chi connectivity index (χ0) is 18.2. The molecule has 2 unspecified atom stereocenters. The Balaban J connectivity index is 0.00000338. The van der Waals surface area contributed by atoms with Crippen LogP contribution in [0.25, 0.3) is 0 Å². The highest BCUT2D eigenvalue weighted by molar-refractivity contribution is 14.0. The summed E-state index contributed by atoms with van der Waals surface area (Å²) in [7, 11) is 3.41. The lowest BCUT2D eigenvalue weighted by Gasteiger charge is -2.18. The van der Waals surface area contributed by atoms with Gasteiger partial charge in [-0.1, -0.05) is 11.6 Å². The average Bonchev–Trinajstić information content (AvgIpc) is 3.08. The smallest absolute Gasteiger partial charge is 0.191 e. The van der Waals surface area contributed by atoms with Gasteiger partial charge < -0.3 is 20.1 Å². The van der Waals surface area contributed by atoms with Crippen molar-refractivity contribution in [3.05, 3.63) is 22.7 Å². The van der Waals surface area contributed by atoms with Gasteiger partial charge in [0.25, 0.3) is 0 Å². The maximum absolute atomic E-state index is 6.33. The van der Waals surface area contributed by atoms with Crippen molar-refractivity contribution in [3.8, 4) is 11.5 Å². The summed E-state index contributed by atoms with van der Waals surface area (Å²) < 4.78 is 11.0. The van der Waals surface area contributed by atoms with Crippen LogP contribution in [0.3, 0.4) is 0 Å². The Kier molecular flexibility index (Phi) is 10.9. The zero-order valence-corrected chi connectivity index (χ0v) is 19.7. The van der Waals surface area contributed by atoms with Gasteiger partial charge in [-0.25, -0.2) is 0 Å². The molecule has 1 fully saturated rings. The number of halogens is 2. The van der Waals surface area contributed by atoms with E-state index in [0.717, 1.165) is 16.8 Å². The first-order valence-electron chi connectivity index (χ1n) is 8.60. The minimum Gasteiger partial charge on any atom is -0.493 e. The molecular formula is C18H29ClIN3O2S. The van der Waals surface area contributed by atoms with Gasteiger partial charge in [0, 0.05) is 24.9 Å². The minimum absolute atomic E-state index is 0. The van der Waals surface area contributed by atoms with Crippen LogP contribution in [0.1, 0.15) is 31.7 Å². The van der Waals surface area contributed by atoms with Crippen molar-refractivity contribution in [1.82, 2.24) is 10.6 Å². The third-order valence-electron chi connectivity index (χ3n) is 4.32. The van der Waals surface area contributed by atoms with E-state index in [-0.39, 0.29) is 24.0 Å². The van der Waals surface area contributed by atoms with E-state index in [4.69, 9.17) is 21.1 Å². The van der Waals surface area contributed by atoms with E-state index in [1.54, 1.807) is 14.2 Å². The summed E-state index contributed by atoms with van der Waals surface area (Å²) in [5, 5.41) is 8.17. The van der Waals surface area contributed by atoms with E-state index in [2.05, 4.69) is 21.9 Å². The number of thioether (sulfide) groups is 1. The number of guanidine groups is 1. The Morgan fingerprint density at radius 3 is 2.73 bits per heavy atom. The lowest BCUT2D eigenvalue weighted by atomic mass is 10.2. The van der Waals surface area contributed by atoms with E-state index < -0.39 is 0 Å². The summed E-state index contributed by atoms with van der Waals surface area (Å²) >= 11 is 8.28. The fourth-order valence-electron chi connectivity index (χ4n) is 3.02. The minimum atomic E-state index is 0. The van der Waals surface area contributed by atoms with Crippen LogP contribution >= 0.6 is 47.3 Å². The van der Waals surface area contributed by atoms with Crippen molar-refractivity contribution in [1.29, 1.82) is 0 Å². The molecule has 0 aliphatic heterocycles. The molecule has 1 saturated carbocycles. The molecule has 5 nitrogen and oxygen atoms in total. The van der Waals surface area contributed by atoms with Crippen molar-refractivity contribution in [3.63, 3.8) is 0 Å². The van der Waals surface area contributed by atoms with Crippen LogP contribution in [0, 0.1) is 0 Å². The second kappa shape index (κ2) is 12.0. The van der Waals surface area contributed by atoms with Crippen LogP contribution in [0.5, 0.6) is 11.5 Å². The second-order valence-corrected chi connectivity index (χ2v) is 7.53. The lowest BCUT2D eigenvalue weighted by Crippen LogP contribution is -2.42. The standard InChI is InChI=1S/C18H28ClN3O2S.HI/c1-5-24-17-15(19)8-12(9-16(17)23-3)11-21-18(20-2)22-13-6-7-14(10-13)25-4;/h8-9,13-14H,5-7,10-11H2,1-4H3,(H2,20,21,22);1H. The van der Waals surface area contributed by atoms with Gasteiger partial charge in [0.05, 0.1) is 18.7 Å². The zero-order valence-electron chi connectivity index (χ0n) is 15.8. The molecule has 1 aromatic rings. The maximum atomic E-state index is 6.33. The van der Waals surface area contributed by atoms with Crippen molar-refractivity contribution >= 4 is 53.3 Å². The Hall–Kier alpha value is -0.540. The molecule has 0 spiro atoms. The third-order valence-corrected chi connectivity index (χ3v) is 5.70. The third kappa shape index (κ3) is 6.56. The Morgan fingerprint density at radius 2 is 2.15 bits per heavy atom. The fourth-order valence-corrected chi connectivity index (χ4v) is 4.10. The average molecular weight is 514 g/mol. The fraction of sp³-hybridized carbons (Fsp3) is 0.611. The predicted molar refractivity (Wildman–Crippen MR) is 123 cm³/mol. The normalized spacial score (nSPS) is 19.7. The van der Waals surface area contributed by atoms with E-state index in [1.165, 1.54) is 19.3 Å². The van der Waals surface area contributed by atoms with Crippen LogP contribution < -0.4 is 20.1 Å². The summed E-state index contributed by atoms with van der Waals surface area (Å²) in [6.45, 7) is 3.08. The van der Waals surface area contributed by atoms with Gasteiger partial charge in [-0.15, -0.1) is 24.0 Å². The molecule has 8 heteroatoms. The molecule has 2 rings (SSSR count). The molecule has 1 aromatic carbocycles. The number of nitrogens with zero attached hydrogens (tertiary/aromatic N) is 1. The molecule has 0 bridgehead atoms. The molecule has 1 aliphatic rings. The molecular weight excluding hydrogens is 485 g/mol. The molecule has 0 aromatic heterocycles. The van der Waals surface area contributed by atoms with Crippen LogP contribution in [0.2, 0.25) is 5.02 Å². The largest absolute Gasteiger partial charge is 0.493 e. The Labute approximate surface area is 183 Å². The quantitative estimate of drug-likeness (QED) is 0.323. The first kappa shape index (κ1) is 23.5. The number of benzene rings is 1. The van der Waals surface area contributed by atoms with Gasteiger partial charge in [-0.05, 0) is 50.1 Å². The molecule has 0 radical (unpaired) electrons. The summed E-state index contributed by atoms with van der Waals surface area (Å²) in [5.41, 5.74) is 1.02. The Morgan fingerprint density at radius 1 is 1.38 bits per heavy atom. The predicted octanol–water partition coefficient (Wildman–Crippen LogP) is 4.31. The summed E-state index contributed by atoms with van der Waals surface area (Å²) in [6.07, 6.45) is 5.82. The van der Waals surface area contributed by atoms with E-state index in [0.29, 0.717) is 35.7 Å². The summed E-state index contributed by atoms with van der Waals surface area (Å²) in [6, 6.07) is 4.33. The van der Waals surface area contributed by atoms with Crippen molar-refractivity contribution in [2.45, 2.75) is 44.0 Å². The monoisotopic (exact) mass is 513 g/mol. The van der Waals surface area contributed by atoms with Crippen LogP contribution in [0.15, 0.2) is 17.1 Å². The van der Waals surface area contributed by atoms with Crippen molar-refractivity contribution in [2.24, 2.45) is 4.99 Å². The molecule has 2 atom stereocenters. The van der Waals surface area contributed by atoms with Gasteiger partial charge in [-0.2, -0.15) is 11.8 Å². The van der Waals surface area contributed by atoms with E-state index in [1.807, 2.05) is 30.8 Å². The lowest BCUT2D eigenvalue weighted by molar-refractivity contribution is 0.311. The van der Waals surface area contributed by atoms with Gasteiger partial charge >= 0.3 is 0 Å². The molecule has 26 heavy (non-hydrogen) atoms. The maximum Gasteiger partial charge on any atom is 0.191 e. The van der Waals surface area contributed by atoms with Crippen LogP contribution in [0.4, 0.5) is 0 Å². The number of hydrogen-bond donors (Lipinski definition) is 2. The van der Waals surface area contributed by atoms with E-state index in [9.17, 15) is 0 Å². The highest BCUT2D eigenvalue weighted by atomic mass is 127. The molecule has 0 saturated heterocycles. The summed E-state index contributed by atoms with van der Waals surface area (Å²) in [5.74, 6) is 2.05. The Bertz CT molecular complexity index is 604. The number of nitrogens with one attached hydrogen (secondary N) is 2. The molecule has 1 aliphatic carbocycles. The SMILES string of the molecule is CCOc1c(Cl)cc(CNC(=NC)NC2CCC(SC)C2)cc1OC.I. The number of methoxy groups -OCH3 is 1. The highest BCUT2D eigenvalue weighted by Crippen LogP contribution is 2.36. The number of hydrogen-bond acceptors (Lipinski definition) is 4. The summed E-state index contributed by atoms with van der Waals surface area (Å²) in [4.78, 5) is 4.33. The van der Waals surface area contributed by atoms with Gasteiger partial charge in [0.2, 0.25) is 0 Å². The van der Waals surface area contributed by atoms with Gasteiger partial charge in [-0.3, -0.25) is 4.99 Å². The van der Waals surface area contributed by atoms with E-state index >= 15 is 0 Å². The number of rotatable bonds is 7. The van der Waals surface area contributed by atoms with Gasteiger partial charge in [0.15, 0.2) is 17.5 Å². The molecule has 0 amide bonds. The first-order chi connectivity index (χ1) is 12.1. The van der Waals surface area contributed by atoms with Crippen molar-refractivity contribution < 1.29 is 9.47 Å².